The van der Waals surface area contributed by atoms with E-state index in [0.717, 1.165) is 25.0 Å². The molecule has 1 aromatic rings. The summed E-state index contributed by atoms with van der Waals surface area (Å²) in [6.45, 7) is 8.02. The van der Waals surface area contributed by atoms with Crippen molar-refractivity contribution in [2.75, 3.05) is 0 Å². The first-order valence-corrected chi connectivity index (χ1v) is 5.58. The molecule has 0 radical (unpaired) electrons. The zero-order valence-corrected chi connectivity index (χ0v) is 9.86. The zero-order chi connectivity index (χ0) is 11.8. The molecule has 1 aliphatic rings. The lowest BCUT2D eigenvalue weighted by atomic mass is 10.0. The van der Waals surface area contributed by atoms with Crippen LogP contribution in [0, 0.1) is 0 Å². The first-order chi connectivity index (χ1) is 7.84. The van der Waals surface area contributed by atoms with E-state index in [1.807, 2.05) is 13.0 Å². The molecule has 86 valence electrons. The van der Waals surface area contributed by atoms with Gasteiger partial charge < -0.3 is 4.84 Å². The molecule has 2 nitrogen and oxygen atoms in total. The number of oxime groups is 1. The predicted octanol–water partition coefficient (Wildman–Crippen LogP) is 3.59. The van der Waals surface area contributed by atoms with Crippen LogP contribution < -0.4 is 0 Å². The molecule has 1 atom stereocenters. The van der Waals surface area contributed by atoms with Crippen molar-refractivity contribution in [1.82, 2.24) is 0 Å². The van der Waals surface area contributed by atoms with Crippen LogP contribution in [0.15, 0.2) is 48.6 Å². The third kappa shape index (κ3) is 3.89. The van der Waals surface area contributed by atoms with Crippen LogP contribution in [0.5, 0.6) is 0 Å². The van der Waals surface area contributed by atoms with Gasteiger partial charge in [-0.3, -0.25) is 0 Å². The van der Waals surface area contributed by atoms with Gasteiger partial charge in [0.15, 0.2) is 0 Å². The Morgan fingerprint density at radius 3 is 2.56 bits per heavy atom. The highest BCUT2D eigenvalue weighted by Crippen LogP contribution is 2.16. The third-order valence-electron chi connectivity index (χ3n) is 2.48. The number of hydrogen-bond acceptors (Lipinski definition) is 2. The predicted molar refractivity (Wildman–Crippen MR) is 68.6 cm³/mol. The van der Waals surface area contributed by atoms with E-state index < -0.39 is 0 Å². The van der Waals surface area contributed by atoms with Crippen molar-refractivity contribution in [2.24, 2.45) is 5.16 Å². The number of benzene rings is 1. The Hall–Kier alpha value is -1.57. The largest absolute Gasteiger partial charge is 0.392 e. The van der Waals surface area contributed by atoms with Crippen LogP contribution in [0.3, 0.4) is 0 Å². The van der Waals surface area contributed by atoms with E-state index >= 15 is 0 Å². The number of aryl methyl sites for hydroxylation is 1. The molecule has 2 heteroatoms. The van der Waals surface area contributed by atoms with Crippen molar-refractivity contribution in [3.05, 3.63) is 49.1 Å². The first-order valence-electron chi connectivity index (χ1n) is 5.58. The number of rotatable bonds is 3. The number of nitrogens with zero attached hydrogens (tertiary/aromatic N) is 1. The molecule has 0 saturated carbocycles. The lowest BCUT2D eigenvalue weighted by molar-refractivity contribution is 0.0794. The molecule has 0 amide bonds. The Kier molecular flexibility index (Phi) is 5.34. The molecule has 2 rings (SSSR count). The van der Waals surface area contributed by atoms with E-state index in [2.05, 4.69) is 42.6 Å². The van der Waals surface area contributed by atoms with E-state index in [0.29, 0.717) is 6.10 Å². The van der Waals surface area contributed by atoms with E-state index in [1.54, 1.807) is 0 Å². The monoisotopic (exact) mass is 217 g/mol. The molecule has 0 spiro atoms. The third-order valence-corrected chi connectivity index (χ3v) is 2.48. The van der Waals surface area contributed by atoms with Crippen LogP contribution in [0.2, 0.25) is 0 Å². The molecular weight excluding hydrogens is 198 g/mol. The van der Waals surface area contributed by atoms with Crippen LogP contribution in [0.25, 0.3) is 0 Å². The fourth-order valence-corrected chi connectivity index (χ4v) is 1.70. The summed E-state index contributed by atoms with van der Waals surface area (Å²) >= 11 is 0. The molecule has 0 aromatic heterocycles. The van der Waals surface area contributed by atoms with Crippen molar-refractivity contribution in [3.8, 4) is 0 Å². The molecule has 0 bridgehead atoms. The maximum atomic E-state index is 5.27. The van der Waals surface area contributed by atoms with Crippen molar-refractivity contribution >= 4 is 5.71 Å². The summed E-state index contributed by atoms with van der Waals surface area (Å²) in [4.78, 5) is 5.27. The van der Waals surface area contributed by atoms with Crippen LogP contribution in [-0.4, -0.2) is 11.8 Å². The van der Waals surface area contributed by atoms with Gasteiger partial charge in [-0.1, -0.05) is 35.5 Å². The topological polar surface area (TPSA) is 21.6 Å². The molecule has 0 unspecified atom stereocenters. The quantitative estimate of drug-likeness (QED) is 0.709. The van der Waals surface area contributed by atoms with E-state index in [9.17, 15) is 0 Å². The first kappa shape index (κ1) is 12.5. The van der Waals surface area contributed by atoms with E-state index in [4.69, 9.17) is 4.84 Å². The van der Waals surface area contributed by atoms with E-state index in [1.165, 1.54) is 5.56 Å². The Bertz CT molecular complexity index is 332. The maximum absolute atomic E-state index is 5.27. The minimum absolute atomic E-state index is 0.301. The van der Waals surface area contributed by atoms with Gasteiger partial charge in [-0.05, 0) is 25.3 Å². The number of hydrogen-bond donors (Lipinski definition) is 0. The Morgan fingerprint density at radius 1 is 1.31 bits per heavy atom. The van der Waals surface area contributed by atoms with Crippen molar-refractivity contribution in [2.45, 2.75) is 32.3 Å². The highest BCUT2D eigenvalue weighted by molar-refractivity contribution is 5.82. The summed E-state index contributed by atoms with van der Waals surface area (Å²) < 4.78 is 0. The summed E-state index contributed by atoms with van der Waals surface area (Å²) in [5, 5.41) is 3.95. The summed E-state index contributed by atoms with van der Waals surface area (Å²) in [7, 11) is 0. The van der Waals surface area contributed by atoms with Crippen LogP contribution in [0.4, 0.5) is 0 Å². The summed E-state index contributed by atoms with van der Waals surface area (Å²) in [5.74, 6) is 0. The molecule has 0 N–H and O–H groups in total. The van der Waals surface area contributed by atoms with Gasteiger partial charge in [0.2, 0.25) is 0 Å². The molecule has 1 heterocycles. The van der Waals surface area contributed by atoms with Gasteiger partial charge in [0, 0.05) is 6.42 Å². The average Bonchev–Trinajstić information content (AvgIpc) is 2.77. The van der Waals surface area contributed by atoms with Gasteiger partial charge in [0.25, 0.3) is 0 Å². The van der Waals surface area contributed by atoms with Gasteiger partial charge in [-0.2, -0.15) is 0 Å². The fourth-order valence-electron chi connectivity index (χ4n) is 1.70. The lowest BCUT2D eigenvalue weighted by Crippen LogP contribution is -2.07. The second-order valence-corrected chi connectivity index (χ2v) is 3.78. The van der Waals surface area contributed by atoms with Crippen molar-refractivity contribution < 1.29 is 4.84 Å². The zero-order valence-electron chi connectivity index (χ0n) is 9.86. The van der Waals surface area contributed by atoms with Crippen LogP contribution >= 0.6 is 0 Å². The van der Waals surface area contributed by atoms with Crippen LogP contribution in [-0.2, 0) is 11.3 Å². The van der Waals surface area contributed by atoms with Crippen molar-refractivity contribution in [3.63, 3.8) is 0 Å². The Morgan fingerprint density at radius 2 is 2.00 bits per heavy atom. The Balaban J connectivity index is 0.000000606. The highest BCUT2D eigenvalue weighted by atomic mass is 16.6. The fraction of sp³-hybridized carbons (Fsp3) is 0.357. The van der Waals surface area contributed by atoms with Gasteiger partial charge in [0.05, 0.1) is 5.71 Å². The SMILES string of the molecule is C=C.CC1=NO[C@H](CCc2ccccc2)C1. The summed E-state index contributed by atoms with van der Waals surface area (Å²) in [6.07, 6.45) is 3.43. The molecule has 0 aliphatic carbocycles. The van der Waals surface area contributed by atoms with E-state index in [-0.39, 0.29) is 0 Å². The summed E-state index contributed by atoms with van der Waals surface area (Å²) in [5.41, 5.74) is 2.49. The average molecular weight is 217 g/mol. The maximum Gasteiger partial charge on any atom is 0.133 e. The lowest BCUT2D eigenvalue weighted by Gasteiger charge is -2.07. The second kappa shape index (κ2) is 6.83. The second-order valence-electron chi connectivity index (χ2n) is 3.78. The standard InChI is InChI=1S/C12H15NO.C2H4/c1-10-9-12(14-13-10)8-7-11-5-3-2-4-6-11;1-2/h2-6,12H,7-9H2,1H3;1-2H2/t12-;/m1./s1. The molecule has 0 fully saturated rings. The molecule has 1 aromatic carbocycles. The minimum atomic E-state index is 0.301. The molecule has 0 saturated heterocycles. The van der Waals surface area contributed by atoms with Gasteiger partial charge >= 0.3 is 0 Å². The smallest absolute Gasteiger partial charge is 0.133 e. The van der Waals surface area contributed by atoms with Crippen molar-refractivity contribution in [1.29, 1.82) is 0 Å². The normalized spacial score (nSPS) is 18.1. The highest BCUT2D eigenvalue weighted by Gasteiger charge is 2.17. The minimum Gasteiger partial charge on any atom is -0.392 e. The van der Waals surface area contributed by atoms with Gasteiger partial charge in [-0.25, -0.2) is 0 Å². The van der Waals surface area contributed by atoms with Crippen LogP contribution in [0.1, 0.15) is 25.3 Å². The molecule has 16 heavy (non-hydrogen) atoms. The summed E-state index contributed by atoms with van der Waals surface area (Å²) in [6, 6.07) is 10.5. The van der Waals surface area contributed by atoms with Gasteiger partial charge in [0.1, 0.15) is 6.10 Å². The molecule has 1 aliphatic heterocycles. The van der Waals surface area contributed by atoms with Gasteiger partial charge in [-0.15, -0.1) is 13.2 Å². The molecular formula is C14H19NO. The Labute approximate surface area is 97.6 Å².